The summed E-state index contributed by atoms with van der Waals surface area (Å²) in [5, 5.41) is 7.94. The van der Waals surface area contributed by atoms with Crippen LogP contribution in [0.3, 0.4) is 0 Å². The Morgan fingerprint density at radius 3 is 3.04 bits per heavy atom. The standard InChI is InChI=1S/C16H21ClN4O2/c1-11-15(16(17)20(2)19-11)13-6-3-7-21(13)10-14(22)18-9-12-5-4-8-23-12/h4-5,8,13H,3,6-7,9-10H2,1-2H3,(H,18,22)/t13-/m0/s1. The van der Waals surface area contributed by atoms with E-state index in [-0.39, 0.29) is 11.9 Å². The molecule has 2 aromatic heterocycles. The van der Waals surface area contributed by atoms with Gasteiger partial charge in [0.25, 0.3) is 0 Å². The second-order valence-electron chi connectivity index (χ2n) is 5.90. The third-order valence-electron chi connectivity index (χ3n) is 4.28. The zero-order valence-corrected chi connectivity index (χ0v) is 14.1. The molecular weight excluding hydrogens is 316 g/mol. The van der Waals surface area contributed by atoms with Crippen molar-refractivity contribution in [2.45, 2.75) is 32.4 Å². The van der Waals surface area contributed by atoms with E-state index in [1.807, 2.05) is 26.1 Å². The molecule has 0 unspecified atom stereocenters. The average molecular weight is 337 g/mol. The molecule has 1 aliphatic rings. The third-order valence-corrected chi connectivity index (χ3v) is 4.73. The summed E-state index contributed by atoms with van der Waals surface area (Å²) < 4.78 is 6.92. The van der Waals surface area contributed by atoms with E-state index in [4.69, 9.17) is 16.0 Å². The van der Waals surface area contributed by atoms with E-state index >= 15 is 0 Å². The first kappa shape index (κ1) is 16.1. The van der Waals surface area contributed by atoms with E-state index in [1.54, 1.807) is 10.9 Å². The van der Waals surface area contributed by atoms with Gasteiger partial charge in [-0.2, -0.15) is 5.10 Å². The normalized spacial score (nSPS) is 18.5. The van der Waals surface area contributed by atoms with Crippen molar-refractivity contribution in [3.8, 4) is 0 Å². The maximum Gasteiger partial charge on any atom is 0.234 e. The van der Waals surface area contributed by atoms with E-state index in [9.17, 15) is 4.79 Å². The molecule has 3 rings (SSSR count). The number of hydrogen-bond acceptors (Lipinski definition) is 4. The van der Waals surface area contributed by atoms with Gasteiger partial charge >= 0.3 is 0 Å². The molecule has 7 heteroatoms. The highest BCUT2D eigenvalue weighted by molar-refractivity contribution is 6.30. The van der Waals surface area contributed by atoms with Crippen LogP contribution in [-0.2, 0) is 18.4 Å². The molecule has 0 radical (unpaired) electrons. The van der Waals surface area contributed by atoms with Gasteiger partial charge in [-0.1, -0.05) is 11.6 Å². The topological polar surface area (TPSA) is 63.3 Å². The quantitative estimate of drug-likeness (QED) is 0.910. The van der Waals surface area contributed by atoms with E-state index in [0.717, 1.165) is 36.4 Å². The van der Waals surface area contributed by atoms with Crippen LogP contribution in [-0.4, -0.2) is 33.7 Å². The van der Waals surface area contributed by atoms with Crippen molar-refractivity contribution >= 4 is 17.5 Å². The largest absolute Gasteiger partial charge is 0.467 e. The molecule has 2 aromatic rings. The van der Waals surface area contributed by atoms with Crippen molar-refractivity contribution in [3.63, 3.8) is 0 Å². The number of nitrogens with one attached hydrogen (secondary N) is 1. The van der Waals surface area contributed by atoms with Gasteiger partial charge in [-0.05, 0) is 38.4 Å². The van der Waals surface area contributed by atoms with Crippen molar-refractivity contribution < 1.29 is 9.21 Å². The van der Waals surface area contributed by atoms with Gasteiger partial charge in [-0.15, -0.1) is 0 Å². The lowest BCUT2D eigenvalue weighted by Crippen LogP contribution is -2.36. The van der Waals surface area contributed by atoms with E-state index in [1.165, 1.54) is 0 Å². The molecular formula is C16H21ClN4O2. The fraction of sp³-hybridized carbons (Fsp3) is 0.500. The van der Waals surface area contributed by atoms with Gasteiger partial charge in [0, 0.05) is 18.7 Å². The van der Waals surface area contributed by atoms with Crippen LogP contribution in [0.25, 0.3) is 0 Å². The van der Waals surface area contributed by atoms with E-state index in [0.29, 0.717) is 18.2 Å². The minimum absolute atomic E-state index is 0.00836. The van der Waals surface area contributed by atoms with Gasteiger partial charge in [-0.3, -0.25) is 14.4 Å². The van der Waals surface area contributed by atoms with Crippen LogP contribution in [0, 0.1) is 6.92 Å². The van der Waals surface area contributed by atoms with Crippen LogP contribution in [0.4, 0.5) is 0 Å². The van der Waals surface area contributed by atoms with Crippen LogP contribution in [0.5, 0.6) is 0 Å². The number of carbonyl (C=O) groups is 1. The molecule has 1 amide bonds. The number of furan rings is 1. The molecule has 1 atom stereocenters. The lowest BCUT2D eigenvalue weighted by atomic mass is 10.1. The number of halogens is 1. The molecule has 0 spiro atoms. The number of rotatable bonds is 5. The minimum Gasteiger partial charge on any atom is -0.467 e. The van der Waals surface area contributed by atoms with Crippen LogP contribution >= 0.6 is 11.6 Å². The predicted molar refractivity (Wildman–Crippen MR) is 87.1 cm³/mol. The second-order valence-corrected chi connectivity index (χ2v) is 6.26. The van der Waals surface area contributed by atoms with Crippen molar-refractivity contribution in [3.05, 3.63) is 40.6 Å². The molecule has 1 saturated heterocycles. The first-order chi connectivity index (χ1) is 11.1. The summed E-state index contributed by atoms with van der Waals surface area (Å²) in [5.74, 6) is 0.744. The van der Waals surface area contributed by atoms with Crippen LogP contribution in [0.2, 0.25) is 5.15 Å². The Hall–Kier alpha value is -1.79. The number of likely N-dealkylation sites (tertiary alicyclic amines) is 1. The van der Waals surface area contributed by atoms with Gasteiger partial charge in [0.2, 0.25) is 5.91 Å². The minimum atomic E-state index is -0.00836. The Morgan fingerprint density at radius 1 is 1.57 bits per heavy atom. The Balaban J connectivity index is 1.63. The monoisotopic (exact) mass is 336 g/mol. The van der Waals surface area contributed by atoms with Gasteiger partial charge in [0.15, 0.2) is 0 Å². The maximum absolute atomic E-state index is 12.2. The van der Waals surface area contributed by atoms with Crippen LogP contribution in [0.1, 0.15) is 35.9 Å². The molecule has 0 saturated carbocycles. The third kappa shape index (κ3) is 3.43. The van der Waals surface area contributed by atoms with Gasteiger partial charge in [0.05, 0.1) is 25.0 Å². The molecule has 0 aromatic carbocycles. The van der Waals surface area contributed by atoms with Crippen molar-refractivity contribution in [2.75, 3.05) is 13.1 Å². The summed E-state index contributed by atoms with van der Waals surface area (Å²) in [6.45, 7) is 3.63. The Labute approximate surface area is 140 Å². The fourth-order valence-electron chi connectivity index (χ4n) is 3.21. The maximum atomic E-state index is 12.2. The van der Waals surface area contributed by atoms with Gasteiger partial charge < -0.3 is 9.73 Å². The summed E-state index contributed by atoms with van der Waals surface area (Å²) in [7, 11) is 1.84. The fourth-order valence-corrected chi connectivity index (χ4v) is 3.51. The Bertz CT molecular complexity index is 681. The summed E-state index contributed by atoms with van der Waals surface area (Å²) in [6.07, 6.45) is 3.66. The van der Waals surface area contributed by atoms with Crippen molar-refractivity contribution in [1.29, 1.82) is 0 Å². The van der Waals surface area contributed by atoms with Crippen LogP contribution in [0.15, 0.2) is 22.8 Å². The molecule has 124 valence electrons. The van der Waals surface area contributed by atoms with E-state index < -0.39 is 0 Å². The van der Waals surface area contributed by atoms with Crippen molar-refractivity contribution in [1.82, 2.24) is 20.0 Å². The smallest absolute Gasteiger partial charge is 0.234 e. The Kier molecular flexibility index (Phi) is 4.73. The molecule has 0 aliphatic carbocycles. The molecule has 1 fully saturated rings. The lowest BCUT2D eigenvalue weighted by Gasteiger charge is -2.24. The molecule has 23 heavy (non-hydrogen) atoms. The second kappa shape index (κ2) is 6.76. The van der Waals surface area contributed by atoms with Crippen LogP contribution < -0.4 is 5.32 Å². The molecule has 0 bridgehead atoms. The highest BCUT2D eigenvalue weighted by Crippen LogP contribution is 2.37. The number of amides is 1. The Morgan fingerprint density at radius 2 is 2.39 bits per heavy atom. The molecule has 6 nitrogen and oxygen atoms in total. The van der Waals surface area contributed by atoms with Gasteiger partial charge in [-0.25, -0.2) is 0 Å². The molecule has 1 aliphatic heterocycles. The first-order valence-electron chi connectivity index (χ1n) is 7.78. The van der Waals surface area contributed by atoms with Gasteiger partial charge in [0.1, 0.15) is 10.9 Å². The number of hydrogen-bond donors (Lipinski definition) is 1. The van der Waals surface area contributed by atoms with E-state index in [2.05, 4.69) is 15.3 Å². The zero-order chi connectivity index (χ0) is 16.4. The predicted octanol–water partition coefficient (Wildman–Crippen LogP) is 2.43. The highest BCUT2D eigenvalue weighted by atomic mass is 35.5. The lowest BCUT2D eigenvalue weighted by molar-refractivity contribution is -0.122. The molecule has 1 N–H and O–H groups in total. The average Bonchev–Trinajstić information content (AvgIpc) is 3.21. The first-order valence-corrected chi connectivity index (χ1v) is 8.16. The summed E-state index contributed by atoms with van der Waals surface area (Å²) in [6, 6.07) is 3.81. The number of aryl methyl sites for hydroxylation is 2. The summed E-state index contributed by atoms with van der Waals surface area (Å²) >= 11 is 6.39. The summed E-state index contributed by atoms with van der Waals surface area (Å²) in [4.78, 5) is 14.4. The number of aromatic nitrogens is 2. The molecule has 3 heterocycles. The summed E-state index contributed by atoms with van der Waals surface area (Å²) in [5.41, 5.74) is 1.98. The number of nitrogens with zero attached hydrogens (tertiary/aromatic N) is 3. The highest BCUT2D eigenvalue weighted by Gasteiger charge is 2.32. The van der Waals surface area contributed by atoms with Crippen molar-refractivity contribution in [2.24, 2.45) is 7.05 Å². The SMILES string of the molecule is Cc1nn(C)c(Cl)c1[C@@H]1CCCN1CC(=O)NCc1ccco1. The number of carbonyl (C=O) groups excluding carboxylic acids is 1. The zero-order valence-electron chi connectivity index (χ0n) is 13.4.